The Morgan fingerprint density at radius 1 is 1.43 bits per heavy atom. The third kappa shape index (κ3) is 19.3. The monoisotopic (exact) mass is 151 g/mol. The third-order valence-corrected chi connectivity index (χ3v) is 1.09. The van der Waals surface area contributed by atoms with Gasteiger partial charge >= 0.3 is 0 Å². The first-order valence-corrected chi connectivity index (χ1v) is 3.17. The molecule has 0 unspecified atom stereocenters. The first-order valence-electron chi connectivity index (χ1n) is 1.72. The maximum absolute atomic E-state index is 3.99. The van der Waals surface area contributed by atoms with Crippen molar-refractivity contribution < 1.29 is 5.48 Å². The highest BCUT2D eigenvalue weighted by molar-refractivity contribution is 7.80. The van der Waals surface area contributed by atoms with Crippen LogP contribution in [0.4, 0.5) is 0 Å². The van der Waals surface area contributed by atoms with Gasteiger partial charge in [0, 0.05) is 0 Å². The maximum atomic E-state index is 3.99. The van der Waals surface area contributed by atoms with Crippen molar-refractivity contribution in [3.05, 3.63) is 0 Å². The SMILES string of the molecule is O.[Al][CH2]CCS.[SiH3]. The zero-order chi connectivity index (χ0) is 4.12. The summed E-state index contributed by atoms with van der Waals surface area (Å²) in [6, 6.07) is 0. The van der Waals surface area contributed by atoms with Crippen molar-refractivity contribution in [2.24, 2.45) is 0 Å². The standard InChI is InChI=1S/C3H7S.Al.H2O.H3Si/c1-2-3-4;;;/h4H,1-3H2;;1H2;1H3. The van der Waals surface area contributed by atoms with Gasteiger partial charge in [-0.2, -0.15) is 12.6 Å². The molecule has 0 saturated carbocycles. The van der Waals surface area contributed by atoms with E-state index in [0.717, 1.165) is 5.75 Å². The van der Waals surface area contributed by atoms with Gasteiger partial charge in [-0.15, -0.1) is 5.28 Å². The second-order valence-corrected chi connectivity index (χ2v) is 1.89. The average Bonchev–Trinajstić information content (AvgIpc) is 1.41. The van der Waals surface area contributed by atoms with Gasteiger partial charge in [0.1, 0.15) is 16.3 Å². The molecule has 0 bridgehead atoms. The Hall–Kier alpha value is 1.06. The van der Waals surface area contributed by atoms with Crippen molar-refractivity contribution in [1.82, 2.24) is 0 Å². The molecule has 43 valence electrons. The largest absolute Gasteiger partial charge is 0.412 e. The normalized spacial score (nSPS) is 5.86. The predicted octanol–water partition coefficient (Wildman–Crippen LogP) is -1.12. The van der Waals surface area contributed by atoms with Gasteiger partial charge in [-0.05, 0) is 16.7 Å². The highest BCUT2D eigenvalue weighted by Gasteiger charge is 1.68. The smallest absolute Gasteiger partial charge is 0.118 e. The Morgan fingerprint density at radius 2 is 1.86 bits per heavy atom. The van der Waals surface area contributed by atoms with E-state index < -0.39 is 0 Å². The predicted molar refractivity (Wildman–Crippen MR) is 42.6 cm³/mol. The van der Waals surface area contributed by atoms with E-state index in [9.17, 15) is 0 Å². The van der Waals surface area contributed by atoms with Gasteiger partial charge in [-0.3, -0.25) is 0 Å². The Balaban J connectivity index is -0.0000000800. The summed E-state index contributed by atoms with van der Waals surface area (Å²) < 4.78 is 0. The molecular formula is C3H12AlOSSi. The van der Waals surface area contributed by atoms with Crippen LogP contribution in [-0.2, 0) is 0 Å². The van der Waals surface area contributed by atoms with Crippen LogP contribution in [0.3, 0.4) is 0 Å². The van der Waals surface area contributed by atoms with Crippen molar-refractivity contribution >= 4 is 39.9 Å². The number of hydrogen-bond acceptors (Lipinski definition) is 1. The fourth-order valence-electron chi connectivity index (χ4n) is 0.0913. The van der Waals surface area contributed by atoms with Crippen molar-refractivity contribution in [3.63, 3.8) is 0 Å². The van der Waals surface area contributed by atoms with E-state index in [-0.39, 0.29) is 16.4 Å². The molecule has 0 aliphatic rings. The van der Waals surface area contributed by atoms with Gasteiger partial charge in [-0.1, -0.05) is 6.42 Å². The molecule has 0 atom stereocenters. The van der Waals surface area contributed by atoms with E-state index in [1.54, 1.807) is 0 Å². The van der Waals surface area contributed by atoms with Gasteiger partial charge < -0.3 is 5.48 Å². The molecule has 7 heavy (non-hydrogen) atoms. The van der Waals surface area contributed by atoms with Crippen LogP contribution in [0.5, 0.6) is 0 Å². The first-order chi connectivity index (χ1) is 2.41. The third-order valence-electron chi connectivity index (χ3n) is 0.362. The highest BCUT2D eigenvalue weighted by Crippen LogP contribution is 1.84. The molecule has 0 spiro atoms. The lowest BCUT2D eigenvalue weighted by Crippen LogP contribution is -1.69. The van der Waals surface area contributed by atoms with Crippen LogP contribution in [0.25, 0.3) is 0 Å². The molecule has 0 aliphatic heterocycles. The van der Waals surface area contributed by atoms with E-state index in [1.165, 1.54) is 11.7 Å². The Bertz CT molecular complexity index is 22.4. The van der Waals surface area contributed by atoms with Crippen LogP contribution >= 0.6 is 12.6 Å². The molecule has 0 saturated heterocycles. The maximum Gasteiger partial charge on any atom is 0.118 e. The minimum absolute atomic E-state index is 0. The molecule has 3 radical (unpaired) electrons. The molecule has 0 aromatic carbocycles. The summed E-state index contributed by atoms with van der Waals surface area (Å²) in [6.07, 6.45) is 1.22. The van der Waals surface area contributed by atoms with Crippen LogP contribution in [-0.4, -0.2) is 38.5 Å². The average molecular weight is 151 g/mol. The fourth-order valence-corrected chi connectivity index (χ4v) is 0.822. The Morgan fingerprint density at radius 3 is 1.86 bits per heavy atom. The molecule has 0 heterocycles. The molecule has 0 aromatic rings. The summed E-state index contributed by atoms with van der Waals surface area (Å²) in [4.78, 5) is 0. The molecule has 0 amide bonds. The topological polar surface area (TPSA) is 31.5 Å². The molecule has 0 aromatic heterocycles. The summed E-state index contributed by atoms with van der Waals surface area (Å²) in [6.45, 7) is 0. The highest BCUT2D eigenvalue weighted by atomic mass is 32.1. The second kappa shape index (κ2) is 15.7. The van der Waals surface area contributed by atoms with Gasteiger partial charge in [0.05, 0.1) is 0 Å². The lowest BCUT2D eigenvalue weighted by Gasteiger charge is -1.79. The number of thiol groups is 1. The summed E-state index contributed by atoms with van der Waals surface area (Å²) in [5.41, 5.74) is 0. The minimum atomic E-state index is 0. The van der Waals surface area contributed by atoms with Crippen LogP contribution in [0.2, 0.25) is 5.28 Å². The molecule has 4 heteroatoms. The summed E-state index contributed by atoms with van der Waals surface area (Å²) in [5.74, 6) is 1.02. The van der Waals surface area contributed by atoms with Gasteiger partial charge in [0.2, 0.25) is 0 Å². The van der Waals surface area contributed by atoms with Crippen molar-refractivity contribution in [3.8, 4) is 0 Å². The molecule has 1 nitrogen and oxygen atoms in total. The summed E-state index contributed by atoms with van der Waals surface area (Å²) in [7, 11) is 0. The van der Waals surface area contributed by atoms with E-state index in [4.69, 9.17) is 0 Å². The zero-order valence-electron chi connectivity index (χ0n) is 4.65. The van der Waals surface area contributed by atoms with E-state index in [2.05, 4.69) is 28.9 Å². The Labute approximate surface area is 63.0 Å². The summed E-state index contributed by atoms with van der Waals surface area (Å²) in [5, 5.41) is 1.18. The zero-order valence-corrected chi connectivity index (χ0v) is 8.70. The van der Waals surface area contributed by atoms with Crippen molar-refractivity contribution in [1.29, 1.82) is 0 Å². The molecule has 0 fully saturated rings. The van der Waals surface area contributed by atoms with E-state index in [1.807, 2.05) is 0 Å². The van der Waals surface area contributed by atoms with Gasteiger partial charge in [-0.25, -0.2) is 0 Å². The van der Waals surface area contributed by atoms with Crippen molar-refractivity contribution in [2.45, 2.75) is 11.7 Å². The molecular weight excluding hydrogens is 139 g/mol. The van der Waals surface area contributed by atoms with E-state index >= 15 is 0 Å². The Kier molecular flexibility index (Phi) is 35.3. The van der Waals surface area contributed by atoms with Crippen molar-refractivity contribution in [2.75, 3.05) is 5.75 Å². The second-order valence-electron chi connectivity index (χ2n) is 0.866. The van der Waals surface area contributed by atoms with E-state index in [0.29, 0.717) is 0 Å². The fraction of sp³-hybridized carbons (Fsp3) is 1.00. The summed E-state index contributed by atoms with van der Waals surface area (Å²) >= 11 is 6.64. The quantitative estimate of drug-likeness (QED) is 0.383. The minimum Gasteiger partial charge on any atom is -0.412 e. The molecule has 2 N–H and O–H groups in total. The lowest BCUT2D eigenvalue weighted by molar-refractivity contribution is 0.824. The molecule has 0 aliphatic carbocycles. The van der Waals surface area contributed by atoms with Crippen LogP contribution < -0.4 is 0 Å². The lowest BCUT2D eigenvalue weighted by atomic mass is 10.6. The van der Waals surface area contributed by atoms with Crippen LogP contribution in [0.1, 0.15) is 6.42 Å². The number of rotatable bonds is 2. The van der Waals surface area contributed by atoms with Gasteiger partial charge in [0.25, 0.3) is 0 Å². The molecule has 0 rings (SSSR count). The number of hydrogen-bond donors (Lipinski definition) is 1. The van der Waals surface area contributed by atoms with Gasteiger partial charge in [0.15, 0.2) is 0 Å². The first kappa shape index (κ1) is 15.7. The van der Waals surface area contributed by atoms with Crippen LogP contribution in [0, 0.1) is 0 Å². The van der Waals surface area contributed by atoms with Crippen LogP contribution in [0.15, 0.2) is 0 Å².